The van der Waals surface area contributed by atoms with Gasteiger partial charge in [0.05, 0.1) is 13.7 Å². The normalized spacial score (nSPS) is 10.8. The van der Waals surface area contributed by atoms with E-state index in [-0.39, 0.29) is 5.91 Å². The van der Waals surface area contributed by atoms with E-state index in [1.807, 2.05) is 18.2 Å². The summed E-state index contributed by atoms with van der Waals surface area (Å²) < 4.78 is 7.28. The smallest absolute Gasteiger partial charge is 0.251 e. The maximum absolute atomic E-state index is 12.6. The second kappa shape index (κ2) is 11.5. The molecular formula is C27H28N4O2S. The molecule has 0 saturated carbocycles. The van der Waals surface area contributed by atoms with Crippen molar-refractivity contribution in [3.05, 3.63) is 107 Å². The Morgan fingerprint density at radius 3 is 2.47 bits per heavy atom. The summed E-state index contributed by atoms with van der Waals surface area (Å²) in [6.07, 6.45) is 0.857. The molecule has 174 valence electrons. The zero-order valence-corrected chi connectivity index (χ0v) is 20.2. The van der Waals surface area contributed by atoms with E-state index in [0.29, 0.717) is 17.9 Å². The predicted molar refractivity (Wildman–Crippen MR) is 135 cm³/mol. The van der Waals surface area contributed by atoms with E-state index in [2.05, 4.69) is 63.4 Å². The number of carbonyl (C=O) groups excluding carboxylic acids is 1. The van der Waals surface area contributed by atoms with Crippen LogP contribution < -0.4 is 10.1 Å². The molecule has 0 unspecified atom stereocenters. The third-order valence-electron chi connectivity index (χ3n) is 5.47. The predicted octanol–water partition coefficient (Wildman–Crippen LogP) is 5.06. The summed E-state index contributed by atoms with van der Waals surface area (Å²) in [4.78, 5) is 12.6. The van der Waals surface area contributed by atoms with Gasteiger partial charge in [-0.3, -0.25) is 4.79 Å². The van der Waals surface area contributed by atoms with Gasteiger partial charge in [0.15, 0.2) is 11.0 Å². The van der Waals surface area contributed by atoms with E-state index < -0.39 is 0 Å². The van der Waals surface area contributed by atoms with Gasteiger partial charge in [-0.25, -0.2) is 0 Å². The van der Waals surface area contributed by atoms with Crippen molar-refractivity contribution >= 4 is 17.7 Å². The molecule has 0 aliphatic carbocycles. The molecule has 7 heteroatoms. The third-order valence-corrected chi connectivity index (χ3v) is 6.51. The van der Waals surface area contributed by atoms with Crippen molar-refractivity contribution in [3.8, 4) is 5.75 Å². The molecule has 4 aromatic rings. The van der Waals surface area contributed by atoms with E-state index in [4.69, 9.17) is 4.74 Å². The number of nitrogens with one attached hydrogen (secondary N) is 1. The third kappa shape index (κ3) is 6.26. The lowest BCUT2D eigenvalue weighted by atomic mass is 10.1. The van der Waals surface area contributed by atoms with Gasteiger partial charge in [0, 0.05) is 17.9 Å². The molecule has 1 heterocycles. The van der Waals surface area contributed by atoms with Gasteiger partial charge in [-0.2, -0.15) is 0 Å². The molecule has 0 saturated heterocycles. The standard InChI is InChI=1S/C27H28N4O2S/c1-20-7-6-10-22(17-20)19-34-27-30-29-25(31(27)16-15-21-8-4-3-5-9-21)18-28-26(32)23-11-13-24(33-2)14-12-23/h3-14,17H,15-16,18-19H2,1-2H3,(H,28,32). The van der Waals surface area contributed by atoms with Gasteiger partial charge in [-0.15, -0.1) is 10.2 Å². The number of carbonyl (C=O) groups is 1. The fraction of sp³-hybridized carbons (Fsp3) is 0.222. The number of hydrogen-bond acceptors (Lipinski definition) is 5. The molecular weight excluding hydrogens is 444 g/mol. The Bertz CT molecular complexity index is 1220. The molecule has 0 fully saturated rings. The maximum Gasteiger partial charge on any atom is 0.251 e. The second-order valence-electron chi connectivity index (χ2n) is 7.97. The van der Waals surface area contributed by atoms with Crippen LogP contribution in [0.25, 0.3) is 0 Å². The van der Waals surface area contributed by atoms with Crippen molar-refractivity contribution in [2.75, 3.05) is 7.11 Å². The van der Waals surface area contributed by atoms with Crippen LogP contribution >= 0.6 is 11.8 Å². The Morgan fingerprint density at radius 1 is 0.971 bits per heavy atom. The van der Waals surface area contributed by atoms with Gasteiger partial charge in [-0.05, 0) is 48.7 Å². The van der Waals surface area contributed by atoms with Gasteiger partial charge in [0.1, 0.15) is 5.75 Å². The van der Waals surface area contributed by atoms with Gasteiger partial charge < -0.3 is 14.6 Å². The Labute approximate surface area is 204 Å². The number of ether oxygens (including phenoxy) is 1. The van der Waals surface area contributed by atoms with E-state index >= 15 is 0 Å². The molecule has 3 aromatic carbocycles. The first-order chi connectivity index (χ1) is 16.6. The molecule has 1 aromatic heterocycles. The Balaban J connectivity index is 1.47. The van der Waals surface area contributed by atoms with E-state index in [1.165, 1.54) is 16.7 Å². The van der Waals surface area contributed by atoms with E-state index in [0.717, 1.165) is 29.7 Å². The number of nitrogens with zero attached hydrogens (tertiary/aromatic N) is 3. The average molecular weight is 473 g/mol. The van der Waals surface area contributed by atoms with Gasteiger partial charge >= 0.3 is 0 Å². The minimum Gasteiger partial charge on any atom is -0.497 e. The highest BCUT2D eigenvalue weighted by atomic mass is 32.2. The number of aryl methyl sites for hydroxylation is 2. The summed E-state index contributed by atoms with van der Waals surface area (Å²) in [5.74, 6) is 2.11. The highest BCUT2D eigenvalue weighted by molar-refractivity contribution is 7.98. The van der Waals surface area contributed by atoms with Crippen LogP contribution in [0.5, 0.6) is 5.75 Å². The first-order valence-electron chi connectivity index (χ1n) is 11.2. The van der Waals surface area contributed by atoms with Crippen LogP contribution in [0.3, 0.4) is 0 Å². The zero-order valence-electron chi connectivity index (χ0n) is 19.4. The van der Waals surface area contributed by atoms with Crippen molar-refractivity contribution in [1.82, 2.24) is 20.1 Å². The minimum atomic E-state index is -0.158. The Kier molecular flexibility index (Phi) is 7.99. The topological polar surface area (TPSA) is 69.0 Å². The summed E-state index contributed by atoms with van der Waals surface area (Å²) >= 11 is 1.66. The monoisotopic (exact) mass is 472 g/mol. The number of benzene rings is 3. The number of rotatable bonds is 10. The SMILES string of the molecule is COc1ccc(C(=O)NCc2nnc(SCc3cccc(C)c3)n2CCc2ccccc2)cc1. The first-order valence-corrected chi connectivity index (χ1v) is 12.2. The Morgan fingerprint density at radius 2 is 1.74 bits per heavy atom. The average Bonchev–Trinajstić information content (AvgIpc) is 3.27. The quantitative estimate of drug-likeness (QED) is 0.327. The fourth-order valence-electron chi connectivity index (χ4n) is 3.62. The molecule has 0 bridgehead atoms. The number of amides is 1. The molecule has 0 aliphatic heterocycles. The molecule has 0 atom stereocenters. The molecule has 34 heavy (non-hydrogen) atoms. The van der Waals surface area contributed by atoms with Crippen molar-refractivity contribution in [2.45, 2.75) is 37.3 Å². The van der Waals surface area contributed by atoms with E-state index in [1.54, 1.807) is 43.1 Å². The summed E-state index contributed by atoms with van der Waals surface area (Å²) in [7, 11) is 1.60. The number of methoxy groups -OCH3 is 1. The summed E-state index contributed by atoms with van der Waals surface area (Å²) in [6.45, 7) is 3.14. The molecule has 6 nitrogen and oxygen atoms in total. The van der Waals surface area contributed by atoms with E-state index in [9.17, 15) is 4.79 Å². The minimum absolute atomic E-state index is 0.158. The molecule has 0 aliphatic rings. The number of aromatic nitrogens is 3. The lowest BCUT2D eigenvalue weighted by Gasteiger charge is -2.11. The largest absolute Gasteiger partial charge is 0.497 e. The maximum atomic E-state index is 12.6. The van der Waals surface area contributed by atoms with Gasteiger partial charge in [0.25, 0.3) is 5.91 Å². The van der Waals surface area contributed by atoms with Gasteiger partial charge in [-0.1, -0.05) is 71.9 Å². The molecule has 1 amide bonds. The highest BCUT2D eigenvalue weighted by Crippen LogP contribution is 2.23. The van der Waals surface area contributed by atoms with Crippen LogP contribution in [0, 0.1) is 6.92 Å². The van der Waals surface area contributed by atoms with Crippen molar-refractivity contribution in [2.24, 2.45) is 0 Å². The first kappa shape index (κ1) is 23.6. The van der Waals surface area contributed by atoms with Gasteiger partial charge in [0.2, 0.25) is 0 Å². The van der Waals surface area contributed by atoms with Crippen molar-refractivity contribution in [3.63, 3.8) is 0 Å². The number of thioether (sulfide) groups is 1. The second-order valence-corrected chi connectivity index (χ2v) is 8.92. The van der Waals surface area contributed by atoms with Crippen molar-refractivity contribution in [1.29, 1.82) is 0 Å². The molecule has 0 spiro atoms. The lowest BCUT2D eigenvalue weighted by molar-refractivity contribution is 0.0949. The highest BCUT2D eigenvalue weighted by Gasteiger charge is 2.15. The molecule has 4 rings (SSSR count). The lowest BCUT2D eigenvalue weighted by Crippen LogP contribution is -2.25. The van der Waals surface area contributed by atoms with Crippen LogP contribution in [-0.2, 0) is 25.3 Å². The van der Waals surface area contributed by atoms with Crippen LogP contribution in [0.1, 0.15) is 32.9 Å². The summed E-state index contributed by atoms with van der Waals surface area (Å²) in [5, 5.41) is 12.7. The van der Waals surface area contributed by atoms with Crippen LogP contribution in [0.4, 0.5) is 0 Å². The molecule has 1 N–H and O–H groups in total. The summed E-state index contributed by atoms with van der Waals surface area (Å²) in [6, 6.07) is 25.9. The Hall–Kier alpha value is -3.58. The molecule has 0 radical (unpaired) electrons. The van der Waals surface area contributed by atoms with Crippen molar-refractivity contribution < 1.29 is 9.53 Å². The van der Waals surface area contributed by atoms with Crippen LogP contribution in [0.15, 0.2) is 84.0 Å². The summed E-state index contributed by atoms with van der Waals surface area (Å²) in [5.41, 5.74) is 4.31. The fourth-order valence-corrected chi connectivity index (χ4v) is 4.55. The number of hydrogen-bond donors (Lipinski definition) is 1. The van der Waals surface area contributed by atoms with Crippen LogP contribution in [-0.4, -0.2) is 27.8 Å². The van der Waals surface area contributed by atoms with Crippen LogP contribution in [0.2, 0.25) is 0 Å². The zero-order chi connectivity index (χ0) is 23.8.